The summed E-state index contributed by atoms with van der Waals surface area (Å²) in [7, 11) is 1.28. The number of nitrogens with zero attached hydrogens (tertiary/aromatic N) is 1. The second-order valence-corrected chi connectivity index (χ2v) is 10.9. The topological polar surface area (TPSA) is 118 Å². The molecule has 0 aliphatic heterocycles. The van der Waals surface area contributed by atoms with Crippen LogP contribution in [0.4, 0.5) is 0 Å². The predicted octanol–water partition coefficient (Wildman–Crippen LogP) is 3.45. The van der Waals surface area contributed by atoms with Crippen LogP contribution in [0, 0.1) is 11.1 Å². The van der Waals surface area contributed by atoms with Gasteiger partial charge in [-0.2, -0.15) is 0 Å². The van der Waals surface area contributed by atoms with Gasteiger partial charge in [0, 0.05) is 13.0 Å². The van der Waals surface area contributed by atoms with Crippen LogP contribution < -0.4 is 20.3 Å². The largest absolute Gasteiger partial charge is 0.616 e. The average Bonchev–Trinajstić information content (AvgIpc) is 2.67. The number of rotatable bonds is 6. The average molecular weight is 460 g/mol. The van der Waals surface area contributed by atoms with Gasteiger partial charge in [-0.25, -0.2) is 0 Å². The summed E-state index contributed by atoms with van der Waals surface area (Å²) in [6.45, 7) is 16.0. The van der Waals surface area contributed by atoms with E-state index in [-0.39, 0.29) is 52.7 Å². The molecule has 0 aliphatic carbocycles. The number of carbonyl (C=O) groups excluding carboxylic acids is 1. The van der Waals surface area contributed by atoms with Crippen molar-refractivity contribution >= 4 is 5.91 Å². The molecule has 1 amide bonds. The molecule has 182 valence electrons. The fourth-order valence-electron chi connectivity index (χ4n) is 3.67. The first-order chi connectivity index (χ1) is 15.1. The first kappa shape index (κ1) is 26.2. The summed E-state index contributed by atoms with van der Waals surface area (Å²) in [6.07, 6.45) is 0.260. The Labute approximate surface area is 195 Å². The lowest BCUT2D eigenvalue weighted by Gasteiger charge is -2.28. The maximum atomic E-state index is 12.9. The third-order valence-electron chi connectivity index (χ3n) is 5.40. The molecule has 8 nitrogen and oxygen atoms in total. The molecule has 0 saturated carbocycles. The summed E-state index contributed by atoms with van der Waals surface area (Å²) in [5.41, 5.74) is 0.902. The zero-order chi connectivity index (χ0) is 25.3. The molecule has 3 N–H and O–H groups in total. The number of phenols is 1. The number of nitrogens with one attached hydrogen (secondary N) is 2. The molecule has 0 fully saturated rings. The number of methoxy groups -OCH3 is 1. The van der Waals surface area contributed by atoms with Gasteiger partial charge in [0.2, 0.25) is 5.69 Å². The van der Waals surface area contributed by atoms with Crippen LogP contribution in [0.25, 0.3) is 0 Å². The van der Waals surface area contributed by atoms with Crippen molar-refractivity contribution in [1.29, 1.82) is 0 Å². The van der Waals surface area contributed by atoms with Gasteiger partial charge in [-0.05, 0) is 45.6 Å². The van der Waals surface area contributed by atoms with Crippen LogP contribution >= 0.6 is 0 Å². The molecule has 0 unspecified atom stereocenters. The van der Waals surface area contributed by atoms with E-state index >= 15 is 0 Å². The van der Waals surface area contributed by atoms with E-state index in [0.29, 0.717) is 4.73 Å². The van der Waals surface area contributed by atoms with Crippen LogP contribution in [-0.2, 0) is 23.8 Å². The highest BCUT2D eigenvalue weighted by atomic mass is 16.5. The van der Waals surface area contributed by atoms with Crippen LogP contribution in [0.2, 0.25) is 0 Å². The maximum Gasteiger partial charge on any atom is 0.409 e. The standard InChI is InChI=1S/C25H37N3O5/c1-14(2)10-18-21(30)27-19(23(33-9)28(18)32)22(31)26-13-15-11-16(24(3,4)5)20(29)17(12-15)25(6,7)8/h11-12,14,29H,10,13H2,1-9H3,(H,26,31)(H,27,30). The molecule has 0 bridgehead atoms. The van der Waals surface area contributed by atoms with Crippen LogP contribution in [0.3, 0.4) is 0 Å². The molecule has 0 spiro atoms. The number of hydrogen-bond donors (Lipinski definition) is 3. The summed E-state index contributed by atoms with van der Waals surface area (Å²) in [5, 5.41) is 26.3. The Morgan fingerprint density at radius 3 is 2.09 bits per heavy atom. The first-order valence-electron chi connectivity index (χ1n) is 11.2. The summed E-state index contributed by atoms with van der Waals surface area (Å²) in [6, 6.07) is 3.73. The van der Waals surface area contributed by atoms with E-state index in [0.717, 1.165) is 16.7 Å². The minimum absolute atomic E-state index is 0.00146. The monoisotopic (exact) mass is 459 g/mol. The van der Waals surface area contributed by atoms with Gasteiger partial charge in [0.05, 0.1) is 7.11 Å². The number of hydrogen-bond acceptors (Lipinski definition) is 5. The van der Waals surface area contributed by atoms with E-state index in [1.165, 1.54) is 7.11 Å². The zero-order valence-corrected chi connectivity index (χ0v) is 21.2. The summed E-state index contributed by atoms with van der Waals surface area (Å²) < 4.78 is 5.55. The number of phenolic OH excluding ortho intramolecular Hbond substituents is 1. The van der Waals surface area contributed by atoms with Gasteiger partial charge in [-0.1, -0.05) is 55.4 Å². The molecule has 2 rings (SSSR count). The fraction of sp³-hybridized carbons (Fsp3) is 0.560. The highest BCUT2D eigenvalue weighted by Crippen LogP contribution is 2.39. The number of benzene rings is 1. The van der Waals surface area contributed by atoms with Crippen LogP contribution in [0.5, 0.6) is 11.6 Å². The van der Waals surface area contributed by atoms with Crippen molar-refractivity contribution in [3.05, 3.63) is 55.8 Å². The Bertz CT molecular complexity index is 1050. The van der Waals surface area contributed by atoms with Gasteiger partial charge in [0.15, 0.2) is 0 Å². The Hall–Kier alpha value is -3.03. The van der Waals surface area contributed by atoms with Crippen molar-refractivity contribution in [2.45, 2.75) is 79.2 Å². The van der Waals surface area contributed by atoms with Crippen molar-refractivity contribution in [3.8, 4) is 11.6 Å². The third kappa shape index (κ3) is 5.86. The second-order valence-electron chi connectivity index (χ2n) is 10.9. The van der Waals surface area contributed by atoms with Gasteiger partial charge < -0.3 is 25.4 Å². The number of carbonyl (C=O) groups is 1. The van der Waals surface area contributed by atoms with E-state index in [1.807, 2.05) is 67.5 Å². The normalized spacial score (nSPS) is 12.2. The van der Waals surface area contributed by atoms with Crippen molar-refractivity contribution in [2.75, 3.05) is 7.11 Å². The Balaban J connectivity index is 2.43. The Morgan fingerprint density at radius 1 is 1.15 bits per heavy atom. The van der Waals surface area contributed by atoms with E-state index in [9.17, 15) is 19.9 Å². The summed E-state index contributed by atoms with van der Waals surface area (Å²) >= 11 is 0. The summed E-state index contributed by atoms with van der Waals surface area (Å²) in [4.78, 5) is 27.9. The van der Waals surface area contributed by atoms with Gasteiger partial charge in [0.1, 0.15) is 5.75 Å². The van der Waals surface area contributed by atoms with Crippen LogP contribution in [0.15, 0.2) is 16.9 Å². The molecule has 1 aromatic carbocycles. The minimum Gasteiger partial charge on any atom is -0.616 e. The van der Waals surface area contributed by atoms with Crippen molar-refractivity contribution in [1.82, 2.24) is 10.3 Å². The molecule has 2 aromatic rings. The maximum absolute atomic E-state index is 12.9. The van der Waals surface area contributed by atoms with E-state index in [4.69, 9.17) is 4.74 Å². The lowest BCUT2D eigenvalue weighted by Crippen LogP contribution is -2.44. The molecule has 1 aromatic heterocycles. The molecule has 8 heteroatoms. The van der Waals surface area contributed by atoms with Crippen LogP contribution in [-0.4, -0.2) is 23.1 Å². The zero-order valence-electron chi connectivity index (χ0n) is 21.2. The van der Waals surface area contributed by atoms with Crippen molar-refractivity contribution in [2.24, 2.45) is 5.92 Å². The molecule has 0 saturated heterocycles. The van der Waals surface area contributed by atoms with Crippen LogP contribution in [0.1, 0.15) is 88.3 Å². The van der Waals surface area contributed by atoms with Gasteiger partial charge in [0.25, 0.3) is 11.6 Å². The van der Waals surface area contributed by atoms with Gasteiger partial charge in [-0.15, -0.1) is 4.73 Å². The molecule has 0 radical (unpaired) electrons. The number of aromatic hydroxyl groups is 1. The number of ether oxygens (including phenoxy) is 1. The molecule has 0 atom stereocenters. The predicted molar refractivity (Wildman–Crippen MR) is 128 cm³/mol. The highest BCUT2D eigenvalue weighted by molar-refractivity contribution is 5.93. The highest BCUT2D eigenvalue weighted by Gasteiger charge is 2.29. The molecule has 1 heterocycles. The molecular weight excluding hydrogens is 422 g/mol. The van der Waals surface area contributed by atoms with Crippen molar-refractivity contribution < 1.29 is 19.4 Å². The lowest BCUT2D eigenvalue weighted by molar-refractivity contribution is -0.622. The Morgan fingerprint density at radius 2 is 1.67 bits per heavy atom. The van der Waals surface area contributed by atoms with E-state index in [2.05, 4.69) is 10.3 Å². The van der Waals surface area contributed by atoms with Gasteiger partial charge >= 0.3 is 11.4 Å². The quantitative estimate of drug-likeness (QED) is 0.452. The lowest BCUT2D eigenvalue weighted by atomic mass is 9.78. The molecule has 0 aliphatic rings. The Kier molecular flexibility index (Phi) is 7.51. The number of aromatic amines is 1. The molecule has 33 heavy (non-hydrogen) atoms. The second kappa shape index (κ2) is 9.45. The first-order valence-corrected chi connectivity index (χ1v) is 11.2. The SMILES string of the molecule is COc1c(C(=O)NCc2cc(C(C)(C)C)c(O)c(C(C)(C)C)c2)[nH]c(=O)c(CC(C)C)[n+]1[O-]. The van der Waals surface area contributed by atoms with E-state index in [1.54, 1.807) is 0 Å². The van der Waals surface area contributed by atoms with Gasteiger partial charge in [-0.3, -0.25) is 9.59 Å². The summed E-state index contributed by atoms with van der Waals surface area (Å²) in [5.74, 6) is -0.546. The molecular formula is C25H37N3O5. The van der Waals surface area contributed by atoms with Crippen molar-refractivity contribution in [3.63, 3.8) is 0 Å². The number of amides is 1. The smallest absolute Gasteiger partial charge is 0.409 e. The number of aromatic nitrogens is 2. The third-order valence-corrected chi connectivity index (χ3v) is 5.40. The fourth-order valence-corrected chi connectivity index (χ4v) is 3.67. The number of H-pyrrole nitrogens is 1. The van der Waals surface area contributed by atoms with E-state index < -0.39 is 11.5 Å². The minimum atomic E-state index is -0.632.